The summed E-state index contributed by atoms with van der Waals surface area (Å²) in [7, 11) is 0. The van der Waals surface area contributed by atoms with Gasteiger partial charge in [0, 0.05) is 11.4 Å². The molecule has 0 radical (unpaired) electrons. The number of benzene rings is 2. The smallest absolute Gasteiger partial charge is 0.181 e. The maximum absolute atomic E-state index is 12.3. The predicted octanol–water partition coefficient (Wildman–Crippen LogP) is 5.52. The largest absolute Gasteiger partial charge is 0.292 e. The molecule has 4 heteroatoms. The third kappa shape index (κ3) is 3.85. The molecule has 0 bridgehead atoms. The molecule has 27 heavy (non-hydrogen) atoms. The molecule has 140 valence electrons. The van der Waals surface area contributed by atoms with E-state index < -0.39 is 0 Å². The Morgan fingerprint density at radius 1 is 1.04 bits per heavy atom. The first-order valence-electron chi connectivity index (χ1n) is 9.89. The molecule has 0 amide bonds. The highest BCUT2D eigenvalue weighted by Crippen LogP contribution is 2.35. The Morgan fingerprint density at radius 2 is 1.74 bits per heavy atom. The molecule has 2 aromatic carbocycles. The lowest BCUT2D eigenvalue weighted by molar-refractivity contribution is -0.112. The van der Waals surface area contributed by atoms with Crippen LogP contribution < -0.4 is 0 Å². The summed E-state index contributed by atoms with van der Waals surface area (Å²) in [6, 6.07) is 14.8. The number of carbonyl (C=O) groups excluding carboxylic acids is 1. The van der Waals surface area contributed by atoms with E-state index in [-0.39, 0.29) is 11.8 Å². The van der Waals surface area contributed by atoms with Crippen molar-refractivity contribution in [3.8, 4) is 0 Å². The zero-order valence-electron chi connectivity index (χ0n) is 15.7. The topological polar surface area (TPSA) is 32.7 Å². The molecule has 0 spiro atoms. The van der Waals surface area contributed by atoms with Gasteiger partial charge in [-0.3, -0.25) is 9.69 Å². The van der Waals surface area contributed by atoms with Crippen LogP contribution in [0.2, 0.25) is 5.02 Å². The first-order valence-corrected chi connectivity index (χ1v) is 10.3. The van der Waals surface area contributed by atoms with Gasteiger partial charge in [0.2, 0.25) is 0 Å². The van der Waals surface area contributed by atoms with Crippen LogP contribution in [0.3, 0.4) is 0 Å². The molecule has 4 rings (SSSR count). The van der Waals surface area contributed by atoms with Crippen molar-refractivity contribution in [1.29, 1.82) is 0 Å². The molecule has 1 saturated heterocycles. The van der Waals surface area contributed by atoms with Crippen LogP contribution in [-0.2, 0) is 11.2 Å². The number of hydrogen-bond donors (Lipinski definition) is 0. The van der Waals surface area contributed by atoms with E-state index >= 15 is 0 Å². The summed E-state index contributed by atoms with van der Waals surface area (Å²) in [6.07, 6.45) is 4.93. The van der Waals surface area contributed by atoms with Gasteiger partial charge >= 0.3 is 0 Å². The number of carbonyl (C=O) groups is 1. The third-order valence-electron chi connectivity index (χ3n) is 5.62. The third-order valence-corrected chi connectivity index (χ3v) is 5.88. The van der Waals surface area contributed by atoms with Crippen molar-refractivity contribution in [3.63, 3.8) is 0 Å². The summed E-state index contributed by atoms with van der Waals surface area (Å²) in [6.45, 7) is 4.19. The zero-order valence-corrected chi connectivity index (χ0v) is 16.5. The maximum Gasteiger partial charge on any atom is 0.181 e. The molecule has 0 aliphatic carbocycles. The van der Waals surface area contributed by atoms with Crippen molar-refractivity contribution in [3.05, 3.63) is 64.2 Å². The first kappa shape index (κ1) is 18.4. The van der Waals surface area contributed by atoms with Gasteiger partial charge in [-0.05, 0) is 67.2 Å². The average molecular weight is 381 g/mol. The van der Waals surface area contributed by atoms with Crippen LogP contribution in [0, 0.1) is 0 Å². The van der Waals surface area contributed by atoms with E-state index in [0.29, 0.717) is 18.6 Å². The van der Waals surface area contributed by atoms with E-state index in [9.17, 15) is 4.79 Å². The van der Waals surface area contributed by atoms with Gasteiger partial charge in [0.05, 0.1) is 17.4 Å². The second kappa shape index (κ2) is 7.95. The SMILES string of the molecule is CCC1=Nc2ccc(C(c3ccc(Cl)cc3)N3CCCCC3)cc2CC1=O. The van der Waals surface area contributed by atoms with E-state index in [1.165, 1.54) is 30.4 Å². The van der Waals surface area contributed by atoms with Gasteiger partial charge in [-0.1, -0.05) is 49.2 Å². The molecule has 3 nitrogen and oxygen atoms in total. The molecule has 1 unspecified atom stereocenters. The molecule has 0 N–H and O–H groups in total. The predicted molar refractivity (Wildman–Crippen MR) is 111 cm³/mol. The van der Waals surface area contributed by atoms with Crippen molar-refractivity contribution >= 4 is 28.8 Å². The molecular weight excluding hydrogens is 356 g/mol. The van der Waals surface area contributed by atoms with Crippen molar-refractivity contribution in [2.45, 2.75) is 45.1 Å². The van der Waals surface area contributed by atoms with Gasteiger partial charge in [-0.25, -0.2) is 4.99 Å². The number of halogens is 1. The fraction of sp³-hybridized carbons (Fsp3) is 0.391. The highest BCUT2D eigenvalue weighted by atomic mass is 35.5. The van der Waals surface area contributed by atoms with Gasteiger partial charge in [-0.2, -0.15) is 0 Å². The number of Topliss-reactive ketones (excluding diaryl/α,β-unsaturated/α-hetero) is 1. The Labute approximate surface area is 166 Å². The second-order valence-electron chi connectivity index (χ2n) is 7.45. The highest BCUT2D eigenvalue weighted by molar-refractivity contribution is 6.41. The zero-order chi connectivity index (χ0) is 18.8. The van der Waals surface area contributed by atoms with Crippen molar-refractivity contribution in [2.75, 3.05) is 13.1 Å². The normalized spacial score (nSPS) is 18.7. The molecule has 0 aromatic heterocycles. The first-order chi connectivity index (χ1) is 13.2. The molecule has 1 fully saturated rings. The Balaban J connectivity index is 1.74. The number of fused-ring (bicyclic) bond motifs is 1. The summed E-state index contributed by atoms with van der Waals surface area (Å²) in [5.74, 6) is 0.156. The lowest BCUT2D eigenvalue weighted by Gasteiger charge is -2.35. The number of nitrogens with zero attached hydrogens (tertiary/aromatic N) is 2. The van der Waals surface area contributed by atoms with Gasteiger partial charge in [-0.15, -0.1) is 0 Å². The van der Waals surface area contributed by atoms with Crippen molar-refractivity contribution in [1.82, 2.24) is 4.90 Å². The van der Waals surface area contributed by atoms with E-state index in [2.05, 4.69) is 40.2 Å². The standard InChI is InChI=1S/C23H25ClN2O/c1-2-20-22(27)15-18-14-17(8-11-21(18)25-20)23(26-12-4-3-5-13-26)16-6-9-19(24)10-7-16/h6-11,14,23H,2-5,12-13,15H2,1H3. The van der Waals surface area contributed by atoms with Crippen molar-refractivity contribution < 1.29 is 4.79 Å². The van der Waals surface area contributed by atoms with E-state index in [0.717, 1.165) is 29.4 Å². The van der Waals surface area contributed by atoms with Crippen LogP contribution in [0.15, 0.2) is 47.5 Å². The minimum atomic E-state index is 0.156. The minimum absolute atomic E-state index is 0.156. The van der Waals surface area contributed by atoms with Crippen LogP contribution >= 0.6 is 11.6 Å². The van der Waals surface area contributed by atoms with E-state index in [1.54, 1.807) is 0 Å². The lowest BCUT2D eigenvalue weighted by Crippen LogP contribution is -2.34. The molecule has 2 aliphatic heterocycles. The maximum atomic E-state index is 12.3. The quantitative estimate of drug-likeness (QED) is 0.699. The Hall–Kier alpha value is -1.97. The van der Waals surface area contributed by atoms with E-state index in [4.69, 9.17) is 11.6 Å². The summed E-state index contributed by atoms with van der Waals surface area (Å²) in [5, 5.41) is 0.758. The monoisotopic (exact) mass is 380 g/mol. The van der Waals surface area contributed by atoms with Gasteiger partial charge in [0.1, 0.15) is 0 Å². The number of piperidine rings is 1. The van der Waals surface area contributed by atoms with Crippen LogP contribution in [0.1, 0.15) is 55.3 Å². The number of hydrogen-bond acceptors (Lipinski definition) is 3. The number of likely N-dealkylation sites (tertiary alicyclic amines) is 1. The Kier molecular flexibility index (Phi) is 5.42. The van der Waals surface area contributed by atoms with E-state index in [1.807, 2.05) is 19.1 Å². The molecular formula is C23H25ClN2O. The second-order valence-corrected chi connectivity index (χ2v) is 7.89. The fourth-order valence-corrected chi connectivity index (χ4v) is 4.35. The molecule has 1 atom stereocenters. The molecule has 0 saturated carbocycles. The fourth-order valence-electron chi connectivity index (χ4n) is 4.22. The molecule has 2 aliphatic rings. The van der Waals surface area contributed by atoms with Crippen LogP contribution in [0.4, 0.5) is 5.69 Å². The Morgan fingerprint density at radius 3 is 2.44 bits per heavy atom. The van der Waals surface area contributed by atoms with Crippen LogP contribution in [-0.4, -0.2) is 29.5 Å². The average Bonchev–Trinajstić information content (AvgIpc) is 2.70. The molecule has 2 heterocycles. The summed E-state index contributed by atoms with van der Waals surface area (Å²) in [4.78, 5) is 19.5. The molecule has 2 aromatic rings. The minimum Gasteiger partial charge on any atom is -0.292 e. The van der Waals surface area contributed by atoms with Crippen molar-refractivity contribution in [2.24, 2.45) is 4.99 Å². The highest BCUT2D eigenvalue weighted by Gasteiger charge is 2.26. The van der Waals surface area contributed by atoms with Gasteiger partial charge in [0.25, 0.3) is 0 Å². The van der Waals surface area contributed by atoms with Gasteiger partial charge in [0.15, 0.2) is 5.78 Å². The van der Waals surface area contributed by atoms with Gasteiger partial charge < -0.3 is 0 Å². The van der Waals surface area contributed by atoms with Crippen LogP contribution in [0.25, 0.3) is 0 Å². The summed E-state index contributed by atoms with van der Waals surface area (Å²) >= 11 is 6.12. The summed E-state index contributed by atoms with van der Waals surface area (Å²) in [5.41, 5.74) is 5.18. The van der Waals surface area contributed by atoms with Crippen LogP contribution in [0.5, 0.6) is 0 Å². The Bertz CT molecular complexity index is 866. The lowest BCUT2D eigenvalue weighted by atomic mass is 9.91. The summed E-state index contributed by atoms with van der Waals surface area (Å²) < 4.78 is 0. The number of ketones is 1. The number of aliphatic imine (C=N–C) groups is 1. The number of rotatable bonds is 4.